The number of hydrogen-bond donors (Lipinski definition) is 2. The average molecular weight is 616 g/mol. The summed E-state index contributed by atoms with van der Waals surface area (Å²) in [5.74, 6) is 0.810. The lowest BCUT2D eigenvalue weighted by atomic mass is 9.81. The number of benzene rings is 2. The maximum atomic E-state index is 14.4. The molecule has 3 aliphatic heterocycles. The Bertz CT molecular complexity index is 1690. The van der Waals surface area contributed by atoms with E-state index < -0.39 is 11.0 Å². The van der Waals surface area contributed by atoms with Gasteiger partial charge in [-0.05, 0) is 79.3 Å². The smallest absolute Gasteiger partial charge is 0.252 e. The molecule has 3 atom stereocenters. The Hall–Kier alpha value is -3.47. The molecule has 2 aromatic carbocycles. The van der Waals surface area contributed by atoms with Gasteiger partial charge >= 0.3 is 0 Å². The fraction of sp³-hybridized carbons (Fsp3) is 0.471. The lowest BCUT2D eigenvalue weighted by Crippen LogP contribution is -2.49. The zero-order valence-corrected chi connectivity index (χ0v) is 26.3. The second kappa shape index (κ2) is 11.8. The molecular weight excluding hydrogens is 574 g/mol. The standard InChI is InChI=1S/C34H41N5O4S/c1-3-37-18-26-16-25(37)19-38(26)34(41)24-13-23-14-27(43-2)10-12-28(23)32-31(21-7-5-4-6-8-21)29-11-9-22(15-30(29)39(32)17-24)33(40)36-20-44(35)42/h9-15,21,25-26H,3-8,16-20,35H2,1-2H3,(H,36,40). The second-order valence-electron chi connectivity index (χ2n) is 12.7. The number of methoxy groups -OCH3 is 1. The first kappa shape index (κ1) is 29.3. The Morgan fingerprint density at radius 1 is 1.07 bits per heavy atom. The Kier molecular flexibility index (Phi) is 7.84. The van der Waals surface area contributed by atoms with Crippen LogP contribution in [-0.2, 0) is 22.3 Å². The van der Waals surface area contributed by atoms with Crippen molar-refractivity contribution in [3.05, 3.63) is 58.7 Å². The molecule has 1 aliphatic carbocycles. The fourth-order valence-corrected chi connectivity index (χ4v) is 8.39. The molecule has 3 unspecified atom stereocenters. The molecular formula is C34H41N5O4S. The van der Waals surface area contributed by atoms with E-state index >= 15 is 0 Å². The number of carbonyl (C=O) groups excluding carboxylic acids is 2. The van der Waals surface area contributed by atoms with Crippen LogP contribution in [0.15, 0.2) is 42.0 Å². The number of nitrogens with two attached hydrogens (primary N) is 1. The normalized spacial score (nSPS) is 22.3. The molecule has 7 rings (SSSR count). The first-order valence-electron chi connectivity index (χ1n) is 15.9. The maximum Gasteiger partial charge on any atom is 0.252 e. The number of piperazine rings is 1. The van der Waals surface area contributed by atoms with Gasteiger partial charge < -0.3 is 19.5 Å². The summed E-state index contributed by atoms with van der Waals surface area (Å²) in [6.45, 7) is 5.31. The highest BCUT2D eigenvalue weighted by molar-refractivity contribution is 7.82. The van der Waals surface area contributed by atoms with Gasteiger partial charge in [0.25, 0.3) is 11.8 Å². The highest BCUT2D eigenvalue weighted by Gasteiger charge is 2.45. The third-order valence-electron chi connectivity index (χ3n) is 10.2. The van der Waals surface area contributed by atoms with Crippen LogP contribution >= 0.6 is 0 Å². The summed E-state index contributed by atoms with van der Waals surface area (Å²) in [5, 5.41) is 9.21. The van der Waals surface area contributed by atoms with Gasteiger partial charge in [-0.3, -0.25) is 19.6 Å². The van der Waals surface area contributed by atoms with Crippen LogP contribution in [-0.4, -0.2) is 75.1 Å². The molecule has 3 fully saturated rings. The number of fused-ring (bicyclic) bond motifs is 7. The Morgan fingerprint density at radius 3 is 2.59 bits per heavy atom. The lowest BCUT2D eigenvalue weighted by molar-refractivity contribution is -0.129. The van der Waals surface area contributed by atoms with E-state index in [4.69, 9.17) is 9.88 Å². The van der Waals surface area contributed by atoms with Crippen LogP contribution in [0.25, 0.3) is 28.2 Å². The van der Waals surface area contributed by atoms with E-state index in [1.807, 2.05) is 24.3 Å². The molecule has 232 valence electrons. The zero-order valence-electron chi connectivity index (χ0n) is 25.5. The van der Waals surface area contributed by atoms with Crippen molar-refractivity contribution in [1.29, 1.82) is 0 Å². The molecule has 2 amide bonds. The molecule has 1 saturated carbocycles. The number of aromatic nitrogens is 1. The minimum absolute atomic E-state index is 0.0928. The summed E-state index contributed by atoms with van der Waals surface area (Å²) in [4.78, 5) is 32.0. The number of nitrogens with zero attached hydrogens (tertiary/aromatic N) is 3. The summed E-state index contributed by atoms with van der Waals surface area (Å²) in [6.07, 6.45) is 8.97. The Labute approximate surface area is 261 Å². The van der Waals surface area contributed by atoms with Crippen molar-refractivity contribution in [2.45, 2.75) is 70.0 Å². The molecule has 3 aromatic rings. The van der Waals surface area contributed by atoms with Crippen molar-refractivity contribution >= 4 is 39.8 Å². The fourth-order valence-electron chi connectivity index (χ4n) is 8.12. The first-order valence-corrected chi connectivity index (χ1v) is 17.3. The predicted octanol–water partition coefficient (Wildman–Crippen LogP) is 4.38. The summed E-state index contributed by atoms with van der Waals surface area (Å²) in [7, 11) is 0.0388. The highest BCUT2D eigenvalue weighted by atomic mass is 32.2. The first-order chi connectivity index (χ1) is 21.4. The molecule has 44 heavy (non-hydrogen) atoms. The summed E-state index contributed by atoms with van der Waals surface area (Å²) < 4.78 is 19.4. The minimum Gasteiger partial charge on any atom is -0.497 e. The predicted molar refractivity (Wildman–Crippen MR) is 174 cm³/mol. The van der Waals surface area contributed by atoms with Gasteiger partial charge in [-0.1, -0.05) is 32.3 Å². The molecule has 4 aliphatic rings. The molecule has 9 nitrogen and oxygen atoms in total. The maximum absolute atomic E-state index is 14.4. The summed E-state index contributed by atoms with van der Waals surface area (Å²) >= 11 is 0. The summed E-state index contributed by atoms with van der Waals surface area (Å²) in [5.41, 5.74) is 6.65. The SMILES string of the molecule is CCN1CC2CC1CN2C(=O)C1=Cc2cc(OC)ccc2-c2c(C3CCCCC3)c3ccc(C(=O)NCS(N)=O)cc3n2C1. The van der Waals surface area contributed by atoms with Gasteiger partial charge in [0.1, 0.15) is 22.6 Å². The van der Waals surface area contributed by atoms with Crippen molar-refractivity contribution in [2.24, 2.45) is 5.14 Å². The van der Waals surface area contributed by atoms with Gasteiger partial charge in [0.2, 0.25) is 0 Å². The van der Waals surface area contributed by atoms with E-state index in [0.29, 0.717) is 24.1 Å². The van der Waals surface area contributed by atoms with Crippen LogP contribution in [0.4, 0.5) is 0 Å². The number of amides is 2. The largest absolute Gasteiger partial charge is 0.497 e. The molecule has 1 aromatic heterocycles. The van der Waals surface area contributed by atoms with Gasteiger partial charge in [-0.15, -0.1) is 0 Å². The number of hydrogen-bond acceptors (Lipinski definition) is 5. The van der Waals surface area contributed by atoms with E-state index in [9.17, 15) is 13.8 Å². The van der Waals surface area contributed by atoms with Crippen LogP contribution in [0.2, 0.25) is 0 Å². The van der Waals surface area contributed by atoms with E-state index in [-0.39, 0.29) is 23.7 Å². The zero-order chi connectivity index (χ0) is 30.5. The van der Waals surface area contributed by atoms with Gasteiger partial charge in [0, 0.05) is 52.8 Å². The number of carbonyl (C=O) groups is 2. The monoisotopic (exact) mass is 615 g/mol. The van der Waals surface area contributed by atoms with Gasteiger partial charge in [0.15, 0.2) is 0 Å². The number of rotatable bonds is 7. The topological polar surface area (TPSA) is 110 Å². The van der Waals surface area contributed by atoms with E-state index in [2.05, 4.69) is 44.8 Å². The van der Waals surface area contributed by atoms with Crippen LogP contribution in [0.3, 0.4) is 0 Å². The molecule has 2 saturated heterocycles. The van der Waals surface area contributed by atoms with Crippen molar-refractivity contribution in [1.82, 2.24) is 19.7 Å². The number of likely N-dealkylation sites (tertiary alicyclic amines) is 2. The lowest BCUT2D eigenvalue weighted by Gasteiger charge is -2.34. The van der Waals surface area contributed by atoms with Crippen molar-refractivity contribution in [2.75, 3.05) is 32.6 Å². The van der Waals surface area contributed by atoms with Crippen LogP contribution in [0, 0.1) is 0 Å². The third-order valence-corrected chi connectivity index (χ3v) is 10.7. The van der Waals surface area contributed by atoms with Crippen molar-refractivity contribution in [3.8, 4) is 17.0 Å². The number of likely N-dealkylation sites (N-methyl/N-ethyl adjacent to an activating group) is 1. The minimum atomic E-state index is -1.63. The van der Waals surface area contributed by atoms with Crippen LogP contribution in [0.5, 0.6) is 5.75 Å². The van der Waals surface area contributed by atoms with E-state index in [1.54, 1.807) is 7.11 Å². The van der Waals surface area contributed by atoms with E-state index in [1.165, 1.54) is 24.8 Å². The van der Waals surface area contributed by atoms with Crippen molar-refractivity contribution in [3.63, 3.8) is 0 Å². The van der Waals surface area contributed by atoms with Gasteiger partial charge in [-0.25, -0.2) is 4.21 Å². The number of ether oxygens (including phenoxy) is 1. The third kappa shape index (κ3) is 5.06. The number of nitrogens with one attached hydrogen (secondary N) is 1. The molecule has 10 heteroatoms. The molecule has 2 bridgehead atoms. The van der Waals surface area contributed by atoms with Crippen molar-refractivity contribution < 1.29 is 18.5 Å². The van der Waals surface area contributed by atoms with Crippen LogP contribution in [0.1, 0.15) is 72.9 Å². The molecule has 4 heterocycles. The highest BCUT2D eigenvalue weighted by Crippen LogP contribution is 2.47. The molecule has 0 spiro atoms. The quantitative estimate of drug-likeness (QED) is 0.410. The van der Waals surface area contributed by atoms with Gasteiger partial charge in [0.05, 0.1) is 19.3 Å². The van der Waals surface area contributed by atoms with Crippen LogP contribution < -0.4 is 15.2 Å². The van der Waals surface area contributed by atoms with E-state index in [0.717, 1.165) is 77.9 Å². The molecule has 0 radical (unpaired) electrons. The Balaban J connectivity index is 1.39. The second-order valence-corrected chi connectivity index (χ2v) is 13.7. The average Bonchev–Trinajstić information content (AvgIpc) is 3.71. The Morgan fingerprint density at radius 2 is 1.89 bits per heavy atom. The van der Waals surface area contributed by atoms with Gasteiger partial charge in [-0.2, -0.15) is 0 Å². The molecule has 3 N–H and O–H groups in total. The summed E-state index contributed by atoms with van der Waals surface area (Å²) in [6, 6.07) is 12.7.